The van der Waals surface area contributed by atoms with Gasteiger partial charge in [-0.1, -0.05) is 30.3 Å². The van der Waals surface area contributed by atoms with E-state index in [0.717, 1.165) is 5.56 Å². The third kappa shape index (κ3) is 2.04. The highest BCUT2D eigenvalue weighted by molar-refractivity contribution is 5.66. The first-order valence-electron chi connectivity index (χ1n) is 4.54. The number of imidazole rings is 1. The van der Waals surface area contributed by atoms with Gasteiger partial charge in [-0.15, -0.1) is 0 Å². The number of hydrogen-bond acceptors (Lipinski definition) is 3. The molecule has 1 heterocycles. The zero-order valence-corrected chi connectivity index (χ0v) is 7.96. The summed E-state index contributed by atoms with van der Waals surface area (Å²) in [5, 5.41) is 10.5. The summed E-state index contributed by atoms with van der Waals surface area (Å²) < 4.78 is 1.55. The average Bonchev–Trinajstić information content (AvgIpc) is 2.66. The number of carboxylic acids is 1. The number of carboxylic acid groups (broad SMARTS) is 1. The molecule has 1 aromatic heterocycles. The molecule has 0 saturated carbocycles. The molecule has 0 bridgehead atoms. The molecule has 0 saturated heterocycles. The zero-order chi connectivity index (χ0) is 10.7. The Kier molecular flexibility index (Phi) is 2.49. The monoisotopic (exact) mass is 201 g/mol. The second-order valence-electron chi connectivity index (χ2n) is 3.12. The molecular weight excluding hydrogens is 192 g/mol. The van der Waals surface area contributed by atoms with Crippen LogP contribution in [0.25, 0.3) is 11.4 Å². The molecule has 0 amide bonds. The molecular formula is C11H9N2O2-. The van der Waals surface area contributed by atoms with Crippen LogP contribution in [-0.4, -0.2) is 15.5 Å². The van der Waals surface area contributed by atoms with Crippen LogP contribution in [0, 0.1) is 0 Å². The van der Waals surface area contributed by atoms with E-state index in [2.05, 4.69) is 4.98 Å². The lowest BCUT2D eigenvalue weighted by atomic mass is 10.2. The summed E-state index contributed by atoms with van der Waals surface area (Å²) in [6, 6.07) is 9.43. The van der Waals surface area contributed by atoms with Crippen LogP contribution >= 0.6 is 0 Å². The Morgan fingerprint density at radius 1 is 1.33 bits per heavy atom. The number of hydrogen-bond donors (Lipinski definition) is 0. The van der Waals surface area contributed by atoms with Crippen molar-refractivity contribution in [2.24, 2.45) is 0 Å². The summed E-state index contributed by atoms with van der Waals surface area (Å²) in [6.45, 7) is -0.176. The van der Waals surface area contributed by atoms with Crippen molar-refractivity contribution in [1.29, 1.82) is 0 Å². The molecule has 0 N–H and O–H groups in total. The van der Waals surface area contributed by atoms with E-state index in [1.807, 2.05) is 30.3 Å². The Morgan fingerprint density at radius 2 is 2.07 bits per heavy atom. The minimum absolute atomic E-state index is 0.176. The number of aliphatic carboxylic acids is 1. The van der Waals surface area contributed by atoms with Gasteiger partial charge in [0.25, 0.3) is 0 Å². The van der Waals surface area contributed by atoms with Crippen LogP contribution in [-0.2, 0) is 11.3 Å². The summed E-state index contributed by atoms with van der Waals surface area (Å²) in [7, 11) is 0. The molecule has 1 aromatic carbocycles. The van der Waals surface area contributed by atoms with Crippen molar-refractivity contribution < 1.29 is 9.90 Å². The van der Waals surface area contributed by atoms with Crippen LogP contribution in [0.2, 0.25) is 0 Å². The Labute approximate surface area is 86.8 Å². The van der Waals surface area contributed by atoms with Crippen molar-refractivity contribution in [3.8, 4) is 11.4 Å². The van der Waals surface area contributed by atoms with Gasteiger partial charge in [-0.3, -0.25) is 0 Å². The number of aromatic nitrogens is 2. The Balaban J connectivity index is 2.37. The molecule has 2 aromatic rings. The molecule has 0 radical (unpaired) electrons. The van der Waals surface area contributed by atoms with Crippen molar-refractivity contribution >= 4 is 5.97 Å². The van der Waals surface area contributed by atoms with Crippen LogP contribution < -0.4 is 5.11 Å². The van der Waals surface area contributed by atoms with E-state index in [4.69, 9.17) is 0 Å². The Morgan fingerprint density at radius 3 is 2.73 bits per heavy atom. The third-order valence-electron chi connectivity index (χ3n) is 2.05. The minimum atomic E-state index is -1.12. The summed E-state index contributed by atoms with van der Waals surface area (Å²) in [5.74, 6) is -0.481. The summed E-state index contributed by atoms with van der Waals surface area (Å²) in [5.41, 5.74) is 0.892. The predicted molar refractivity (Wildman–Crippen MR) is 52.7 cm³/mol. The lowest BCUT2D eigenvalue weighted by Gasteiger charge is -2.07. The number of carbonyl (C=O) groups is 1. The second-order valence-corrected chi connectivity index (χ2v) is 3.12. The van der Waals surface area contributed by atoms with E-state index < -0.39 is 5.97 Å². The van der Waals surface area contributed by atoms with E-state index in [9.17, 15) is 9.90 Å². The summed E-state index contributed by atoms with van der Waals surface area (Å²) in [4.78, 5) is 14.6. The van der Waals surface area contributed by atoms with E-state index in [0.29, 0.717) is 5.82 Å². The molecule has 0 aliphatic heterocycles. The summed E-state index contributed by atoms with van der Waals surface area (Å²) in [6.07, 6.45) is 3.20. The maximum Gasteiger partial charge on any atom is 0.140 e. The highest BCUT2D eigenvalue weighted by Crippen LogP contribution is 2.16. The molecule has 15 heavy (non-hydrogen) atoms. The van der Waals surface area contributed by atoms with Gasteiger partial charge >= 0.3 is 0 Å². The van der Waals surface area contributed by atoms with Crippen LogP contribution in [0.3, 0.4) is 0 Å². The zero-order valence-electron chi connectivity index (χ0n) is 7.96. The Bertz CT molecular complexity index is 462. The molecule has 0 fully saturated rings. The first-order valence-corrected chi connectivity index (χ1v) is 4.54. The number of carbonyl (C=O) groups excluding carboxylic acids is 1. The molecule has 0 unspecified atom stereocenters. The van der Waals surface area contributed by atoms with Crippen molar-refractivity contribution in [3.05, 3.63) is 42.7 Å². The predicted octanol–water partition coefficient (Wildman–Crippen LogP) is 0.300. The maximum absolute atomic E-state index is 10.5. The van der Waals surface area contributed by atoms with Crippen molar-refractivity contribution in [2.75, 3.05) is 0 Å². The summed E-state index contributed by atoms with van der Waals surface area (Å²) >= 11 is 0. The second kappa shape index (κ2) is 3.96. The smallest absolute Gasteiger partial charge is 0.140 e. The third-order valence-corrected chi connectivity index (χ3v) is 2.05. The molecule has 76 valence electrons. The standard InChI is InChI=1S/C11H10N2O2/c14-10(15)8-13-7-6-12-11(13)9-4-2-1-3-5-9/h1-7H,8H2,(H,14,15)/p-1. The molecule has 0 atom stereocenters. The van der Waals surface area contributed by atoms with Crippen LogP contribution in [0.15, 0.2) is 42.7 Å². The SMILES string of the molecule is O=C([O-])Cn1ccnc1-c1ccccc1. The number of benzene rings is 1. The van der Waals surface area contributed by atoms with Gasteiger partial charge in [0, 0.05) is 18.0 Å². The highest BCUT2D eigenvalue weighted by Gasteiger charge is 2.04. The first-order chi connectivity index (χ1) is 7.27. The van der Waals surface area contributed by atoms with Gasteiger partial charge in [-0.05, 0) is 0 Å². The van der Waals surface area contributed by atoms with Gasteiger partial charge in [0.2, 0.25) is 0 Å². The topological polar surface area (TPSA) is 57.9 Å². The number of nitrogens with zero attached hydrogens (tertiary/aromatic N) is 2. The fourth-order valence-corrected chi connectivity index (χ4v) is 1.42. The molecule has 4 heteroatoms. The molecule has 0 aliphatic rings. The maximum atomic E-state index is 10.5. The van der Waals surface area contributed by atoms with Gasteiger partial charge in [0.15, 0.2) is 0 Å². The lowest BCUT2D eigenvalue weighted by molar-refractivity contribution is -0.306. The fourth-order valence-electron chi connectivity index (χ4n) is 1.42. The van der Waals surface area contributed by atoms with Crippen LogP contribution in [0.1, 0.15) is 0 Å². The fraction of sp³-hybridized carbons (Fsp3) is 0.0909. The molecule has 0 spiro atoms. The van der Waals surface area contributed by atoms with Crippen LogP contribution in [0.5, 0.6) is 0 Å². The van der Waals surface area contributed by atoms with E-state index >= 15 is 0 Å². The van der Waals surface area contributed by atoms with Crippen molar-refractivity contribution in [2.45, 2.75) is 6.54 Å². The van der Waals surface area contributed by atoms with Crippen molar-refractivity contribution in [3.63, 3.8) is 0 Å². The normalized spacial score (nSPS) is 10.1. The van der Waals surface area contributed by atoms with Gasteiger partial charge in [0.1, 0.15) is 5.82 Å². The largest absolute Gasteiger partial charge is 0.548 e. The van der Waals surface area contributed by atoms with E-state index in [1.165, 1.54) is 0 Å². The minimum Gasteiger partial charge on any atom is -0.548 e. The molecule has 2 rings (SSSR count). The number of rotatable bonds is 3. The molecule has 0 aliphatic carbocycles. The molecule has 4 nitrogen and oxygen atoms in total. The van der Waals surface area contributed by atoms with Crippen molar-refractivity contribution in [1.82, 2.24) is 9.55 Å². The first kappa shape index (κ1) is 9.45. The highest BCUT2D eigenvalue weighted by atomic mass is 16.4. The Hall–Kier alpha value is -2.10. The van der Waals surface area contributed by atoms with Gasteiger partial charge in [-0.2, -0.15) is 0 Å². The van der Waals surface area contributed by atoms with E-state index in [1.54, 1.807) is 17.0 Å². The van der Waals surface area contributed by atoms with Crippen LogP contribution in [0.4, 0.5) is 0 Å². The lowest BCUT2D eigenvalue weighted by Crippen LogP contribution is -2.27. The van der Waals surface area contributed by atoms with E-state index in [-0.39, 0.29) is 6.54 Å². The quantitative estimate of drug-likeness (QED) is 0.717. The van der Waals surface area contributed by atoms with Gasteiger partial charge < -0.3 is 14.5 Å². The van der Waals surface area contributed by atoms with Gasteiger partial charge in [-0.25, -0.2) is 4.98 Å². The average molecular weight is 201 g/mol. The van der Waals surface area contributed by atoms with Gasteiger partial charge in [0.05, 0.1) is 12.5 Å².